The zero-order chi connectivity index (χ0) is 21.6. The van der Waals surface area contributed by atoms with Gasteiger partial charge in [0.2, 0.25) is 0 Å². The van der Waals surface area contributed by atoms with Gasteiger partial charge in [-0.1, -0.05) is 30.3 Å². The van der Waals surface area contributed by atoms with Crippen LogP contribution < -0.4 is 10.1 Å². The maximum absolute atomic E-state index is 12.3. The highest BCUT2D eigenvalue weighted by Gasteiger charge is 2.11. The fourth-order valence-corrected chi connectivity index (χ4v) is 4.36. The highest BCUT2D eigenvalue weighted by Crippen LogP contribution is 2.22. The summed E-state index contributed by atoms with van der Waals surface area (Å²) in [5.74, 6) is 1.77. The first-order chi connectivity index (χ1) is 15.1. The molecule has 0 spiro atoms. The summed E-state index contributed by atoms with van der Waals surface area (Å²) in [6.07, 6.45) is 3.80. The topological polar surface area (TPSA) is 69.0 Å². The molecular weight excluding hydrogens is 408 g/mol. The van der Waals surface area contributed by atoms with Gasteiger partial charge in [-0.05, 0) is 37.0 Å². The number of amides is 1. The molecule has 0 atom stereocenters. The summed E-state index contributed by atoms with van der Waals surface area (Å²) >= 11 is 1.55. The lowest BCUT2D eigenvalue weighted by molar-refractivity contribution is 0.0946. The van der Waals surface area contributed by atoms with Crippen LogP contribution in [0.25, 0.3) is 11.0 Å². The van der Waals surface area contributed by atoms with Crippen molar-refractivity contribution in [3.8, 4) is 5.75 Å². The first-order valence-corrected chi connectivity index (χ1v) is 11.3. The Morgan fingerprint density at radius 2 is 1.90 bits per heavy atom. The van der Waals surface area contributed by atoms with Crippen molar-refractivity contribution in [1.82, 2.24) is 19.9 Å². The van der Waals surface area contributed by atoms with Crippen LogP contribution in [-0.2, 0) is 26.4 Å². The lowest BCUT2D eigenvalue weighted by Gasteiger charge is -2.03. The van der Waals surface area contributed by atoms with Crippen LogP contribution in [0.5, 0.6) is 5.75 Å². The van der Waals surface area contributed by atoms with Crippen molar-refractivity contribution in [2.45, 2.75) is 32.2 Å². The Bertz CT molecular complexity index is 1170. The van der Waals surface area contributed by atoms with Gasteiger partial charge in [0.1, 0.15) is 17.3 Å². The van der Waals surface area contributed by atoms with Crippen molar-refractivity contribution in [2.75, 3.05) is 7.11 Å². The molecule has 2 heterocycles. The van der Waals surface area contributed by atoms with E-state index in [2.05, 4.69) is 21.9 Å². The predicted molar refractivity (Wildman–Crippen MR) is 124 cm³/mol. The summed E-state index contributed by atoms with van der Waals surface area (Å²) in [6.45, 7) is 0.510. The number of aryl methyl sites for hydroxylation is 3. The summed E-state index contributed by atoms with van der Waals surface area (Å²) in [4.78, 5) is 21.6. The molecule has 0 aliphatic rings. The summed E-state index contributed by atoms with van der Waals surface area (Å²) in [5, 5.41) is 5.77. The molecule has 0 bridgehead atoms. The largest absolute Gasteiger partial charge is 0.497 e. The zero-order valence-corrected chi connectivity index (χ0v) is 18.6. The third-order valence-electron chi connectivity index (χ3n) is 5.30. The van der Waals surface area contributed by atoms with Gasteiger partial charge in [-0.15, -0.1) is 11.3 Å². The van der Waals surface area contributed by atoms with Gasteiger partial charge in [0, 0.05) is 31.5 Å². The van der Waals surface area contributed by atoms with Gasteiger partial charge >= 0.3 is 0 Å². The van der Waals surface area contributed by atoms with Gasteiger partial charge in [-0.2, -0.15) is 0 Å². The van der Waals surface area contributed by atoms with Gasteiger partial charge in [0.15, 0.2) is 0 Å². The van der Waals surface area contributed by atoms with Crippen molar-refractivity contribution in [3.05, 3.63) is 76.0 Å². The lowest BCUT2D eigenvalue weighted by atomic mass is 10.2. The second kappa shape index (κ2) is 9.75. The van der Waals surface area contributed by atoms with E-state index in [1.807, 2.05) is 53.9 Å². The van der Waals surface area contributed by atoms with Crippen molar-refractivity contribution >= 4 is 28.3 Å². The molecular formula is C24H26N4O2S. The summed E-state index contributed by atoms with van der Waals surface area (Å²) in [7, 11) is 3.72. The van der Waals surface area contributed by atoms with Crippen LogP contribution in [0.4, 0.5) is 0 Å². The number of benzene rings is 2. The van der Waals surface area contributed by atoms with Crippen LogP contribution in [0.3, 0.4) is 0 Å². The molecule has 0 saturated carbocycles. The maximum Gasteiger partial charge on any atom is 0.271 e. The maximum atomic E-state index is 12.3. The number of unbranched alkanes of at least 4 members (excludes halogenated alkanes) is 1. The third-order valence-corrected chi connectivity index (χ3v) is 6.21. The van der Waals surface area contributed by atoms with E-state index in [-0.39, 0.29) is 5.91 Å². The van der Waals surface area contributed by atoms with Crippen LogP contribution in [0.1, 0.15) is 39.7 Å². The highest BCUT2D eigenvalue weighted by atomic mass is 32.1. The minimum atomic E-state index is -0.124. The molecule has 7 heteroatoms. The number of hydrogen-bond acceptors (Lipinski definition) is 5. The number of nitrogens with zero attached hydrogens (tertiary/aromatic N) is 3. The van der Waals surface area contributed by atoms with Gasteiger partial charge in [0.05, 0.1) is 23.2 Å². The number of nitrogens with one attached hydrogen (secondary N) is 1. The van der Waals surface area contributed by atoms with Gasteiger partial charge in [0.25, 0.3) is 5.91 Å². The fourth-order valence-electron chi connectivity index (χ4n) is 3.54. The number of fused-ring (bicyclic) bond motifs is 1. The normalized spacial score (nSPS) is 11.0. The summed E-state index contributed by atoms with van der Waals surface area (Å²) < 4.78 is 7.44. The Labute approximate surface area is 185 Å². The van der Waals surface area contributed by atoms with E-state index in [4.69, 9.17) is 9.72 Å². The van der Waals surface area contributed by atoms with E-state index in [1.54, 1.807) is 18.4 Å². The molecule has 6 nitrogen and oxygen atoms in total. The molecule has 4 aromatic rings. The summed E-state index contributed by atoms with van der Waals surface area (Å²) in [5.41, 5.74) is 3.65. The first-order valence-electron chi connectivity index (χ1n) is 10.4. The number of methoxy groups -OCH3 is 1. The summed E-state index contributed by atoms with van der Waals surface area (Å²) in [6, 6.07) is 15.9. The molecule has 0 radical (unpaired) electrons. The van der Waals surface area contributed by atoms with Gasteiger partial charge in [-0.25, -0.2) is 9.97 Å². The van der Waals surface area contributed by atoms with Crippen LogP contribution in [0, 0.1) is 0 Å². The molecule has 0 fully saturated rings. The Morgan fingerprint density at radius 1 is 1.10 bits per heavy atom. The zero-order valence-electron chi connectivity index (χ0n) is 17.8. The molecule has 0 unspecified atom stereocenters. The van der Waals surface area contributed by atoms with Crippen LogP contribution in [0.15, 0.2) is 53.9 Å². The quantitative estimate of drug-likeness (QED) is 0.393. The number of carbonyl (C=O) groups excluding carboxylic acids is 1. The van der Waals surface area contributed by atoms with E-state index in [1.165, 1.54) is 0 Å². The molecule has 160 valence electrons. The highest BCUT2D eigenvalue weighted by molar-refractivity contribution is 7.09. The third kappa shape index (κ3) is 5.11. The van der Waals surface area contributed by atoms with Crippen LogP contribution in [-0.4, -0.2) is 27.6 Å². The van der Waals surface area contributed by atoms with Crippen molar-refractivity contribution in [2.24, 2.45) is 7.05 Å². The number of carbonyl (C=O) groups is 1. The van der Waals surface area contributed by atoms with E-state index in [0.29, 0.717) is 12.2 Å². The number of aromatic nitrogens is 3. The second-order valence-electron chi connectivity index (χ2n) is 7.44. The number of rotatable bonds is 9. The van der Waals surface area contributed by atoms with Crippen LogP contribution in [0.2, 0.25) is 0 Å². The van der Waals surface area contributed by atoms with Crippen LogP contribution >= 0.6 is 11.3 Å². The average molecular weight is 435 g/mol. The van der Waals surface area contributed by atoms with E-state index in [9.17, 15) is 4.79 Å². The monoisotopic (exact) mass is 434 g/mol. The molecule has 0 aliphatic carbocycles. The van der Waals surface area contributed by atoms with E-state index in [0.717, 1.165) is 58.9 Å². The molecule has 2 aromatic heterocycles. The molecule has 0 aliphatic heterocycles. The lowest BCUT2D eigenvalue weighted by Crippen LogP contribution is -2.23. The van der Waals surface area contributed by atoms with Crippen molar-refractivity contribution < 1.29 is 9.53 Å². The SMILES string of the molecule is COc1ccc2c(c1)nc(CCCCc1nc(C(=O)NCc3ccccc3)cs1)n2C. The van der Waals surface area contributed by atoms with E-state index < -0.39 is 0 Å². The van der Waals surface area contributed by atoms with E-state index >= 15 is 0 Å². The molecule has 4 rings (SSSR count). The second-order valence-corrected chi connectivity index (χ2v) is 8.39. The Balaban J connectivity index is 1.26. The molecule has 0 saturated heterocycles. The predicted octanol–water partition coefficient (Wildman–Crippen LogP) is 4.53. The molecule has 31 heavy (non-hydrogen) atoms. The Hall–Kier alpha value is -3.19. The van der Waals surface area contributed by atoms with Crippen molar-refractivity contribution in [1.29, 1.82) is 0 Å². The molecule has 1 N–H and O–H groups in total. The number of hydrogen-bond donors (Lipinski definition) is 1. The number of thiazole rings is 1. The van der Waals surface area contributed by atoms with Gasteiger partial charge < -0.3 is 14.6 Å². The molecule has 2 aromatic carbocycles. The smallest absolute Gasteiger partial charge is 0.271 e. The Morgan fingerprint density at radius 3 is 2.71 bits per heavy atom. The van der Waals surface area contributed by atoms with Crippen molar-refractivity contribution in [3.63, 3.8) is 0 Å². The Kier molecular flexibility index (Phi) is 6.62. The first kappa shape index (κ1) is 21.1. The minimum absolute atomic E-state index is 0.124. The minimum Gasteiger partial charge on any atom is -0.497 e. The standard InChI is InChI=1S/C24H26N4O2S/c1-28-21-13-12-18(30-2)14-19(21)26-22(28)10-6-7-11-23-27-20(16-31-23)24(29)25-15-17-8-4-3-5-9-17/h3-5,8-9,12-14,16H,6-7,10-11,15H2,1-2H3,(H,25,29). The number of ether oxygens (including phenoxy) is 1. The number of imidazole rings is 1. The average Bonchev–Trinajstić information content (AvgIpc) is 3.40. The van der Waals surface area contributed by atoms with Gasteiger partial charge in [-0.3, -0.25) is 4.79 Å². The fraction of sp³-hybridized carbons (Fsp3) is 0.292. The molecule has 1 amide bonds.